The summed E-state index contributed by atoms with van der Waals surface area (Å²) in [4.78, 5) is 24.0. The van der Waals surface area contributed by atoms with Crippen LogP contribution < -0.4 is 5.56 Å². The summed E-state index contributed by atoms with van der Waals surface area (Å²) in [5.74, 6) is -1.01. The summed E-state index contributed by atoms with van der Waals surface area (Å²) in [6.07, 6.45) is 0. The van der Waals surface area contributed by atoms with Crippen molar-refractivity contribution in [2.24, 2.45) is 0 Å². The van der Waals surface area contributed by atoms with E-state index in [1.807, 2.05) is 31.2 Å². The molecular formula is C18H14N2O3S. The number of carbonyl (C=O) groups is 1. The lowest BCUT2D eigenvalue weighted by atomic mass is 10.2. The molecule has 3 aromatic rings. The van der Waals surface area contributed by atoms with E-state index in [-0.39, 0.29) is 11.1 Å². The fourth-order valence-corrected chi connectivity index (χ4v) is 3.07. The third-order valence-electron chi connectivity index (χ3n) is 3.35. The van der Waals surface area contributed by atoms with E-state index in [0.717, 1.165) is 10.5 Å². The largest absolute Gasteiger partial charge is 0.478 e. The molecule has 120 valence electrons. The lowest BCUT2D eigenvalue weighted by molar-refractivity contribution is 0.0697. The highest BCUT2D eigenvalue weighted by molar-refractivity contribution is 7.99. The summed E-state index contributed by atoms with van der Waals surface area (Å²) in [5.41, 5.74) is 1.57. The lowest BCUT2D eigenvalue weighted by Gasteiger charge is -2.07. The number of hydrogen-bond acceptors (Lipinski definition) is 4. The number of carboxylic acid groups (broad SMARTS) is 1. The van der Waals surface area contributed by atoms with Gasteiger partial charge < -0.3 is 5.11 Å². The predicted octanol–water partition coefficient (Wildman–Crippen LogP) is 3.39. The molecular weight excluding hydrogens is 324 g/mol. The van der Waals surface area contributed by atoms with Gasteiger partial charge >= 0.3 is 5.97 Å². The molecule has 24 heavy (non-hydrogen) atoms. The Kier molecular flexibility index (Phi) is 4.48. The van der Waals surface area contributed by atoms with Crippen molar-refractivity contribution >= 4 is 17.7 Å². The second kappa shape index (κ2) is 6.72. The van der Waals surface area contributed by atoms with Crippen LogP contribution in [0.25, 0.3) is 5.69 Å². The summed E-state index contributed by atoms with van der Waals surface area (Å²) in [5, 5.41) is 14.0. The SMILES string of the molecule is Cc1cccc(Sc2ccc(=O)n(-c3ccc(C(=O)O)cc3)n2)c1. The number of hydrogen-bond donors (Lipinski definition) is 1. The Morgan fingerprint density at radius 3 is 2.50 bits per heavy atom. The van der Waals surface area contributed by atoms with Crippen LogP contribution in [-0.2, 0) is 0 Å². The van der Waals surface area contributed by atoms with Crippen molar-refractivity contribution in [1.29, 1.82) is 0 Å². The predicted molar refractivity (Wildman–Crippen MR) is 92.1 cm³/mol. The standard InChI is InChI=1S/C18H14N2O3S/c1-12-3-2-4-15(11-12)24-16-9-10-17(21)20(19-16)14-7-5-13(6-8-14)18(22)23/h2-11H,1H3,(H,22,23). The van der Waals surface area contributed by atoms with Gasteiger partial charge in [-0.15, -0.1) is 0 Å². The van der Waals surface area contributed by atoms with Crippen molar-refractivity contribution in [2.45, 2.75) is 16.8 Å². The van der Waals surface area contributed by atoms with Crippen molar-refractivity contribution in [3.63, 3.8) is 0 Å². The molecule has 0 aliphatic heterocycles. The molecule has 5 nitrogen and oxygen atoms in total. The molecule has 0 saturated carbocycles. The minimum atomic E-state index is -1.01. The summed E-state index contributed by atoms with van der Waals surface area (Å²) < 4.78 is 1.27. The molecule has 0 atom stereocenters. The van der Waals surface area contributed by atoms with E-state index in [1.165, 1.54) is 34.6 Å². The molecule has 0 bridgehead atoms. The molecule has 0 spiro atoms. The van der Waals surface area contributed by atoms with Crippen molar-refractivity contribution < 1.29 is 9.90 Å². The van der Waals surface area contributed by atoms with Crippen LogP contribution in [0.3, 0.4) is 0 Å². The number of carboxylic acids is 1. The number of aromatic nitrogens is 2. The highest BCUT2D eigenvalue weighted by atomic mass is 32.2. The molecule has 0 aliphatic carbocycles. The van der Waals surface area contributed by atoms with E-state index in [4.69, 9.17) is 5.11 Å². The van der Waals surface area contributed by atoms with Crippen LogP contribution >= 0.6 is 11.8 Å². The van der Waals surface area contributed by atoms with Crippen LogP contribution in [0, 0.1) is 6.92 Å². The van der Waals surface area contributed by atoms with Crippen molar-refractivity contribution in [2.75, 3.05) is 0 Å². The summed E-state index contributed by atoms with van der Waals surface area (Å²) in [6.45, 7) is 2.02. The van der Waals surface area contributed by atoms with Gasteiger partial charge in [-0.05, 0) is 49.4 Å². The quantitative estimate of drug-likeness (QED) is 0.789. The van der Waals surface area contributed by atoms with E-state index in [9.17, 15) is 9.59 Å². The average Bonchev–Trinajstić information content (AvgIpc) is 2.57. The zero-order valence-electron chi connectivity index (χ0n) is 12.8. The molecule has 2 aromatic carbocycles. The van der Waals surface area contributed by atoms with Crippen LogP contribution in [0.2, 0.25) is 0 Å². The van der Waals surface area contributed by atoms with Gasteiger partial charge in [-0.1, -0.05) is 29.5 Å². The van der Waals surface area contributed by atoms with Crippen LogP contribution in [0.5, 0.6) is 0 Å². The number of aromatic carboxylic acids is 1. The van der Waals surface area contributed by atoms with E-state index in [0.29, 0.717) is 10.7 Å². The Labute approximate surface area is 142 Å². The second-order valence-electron chi connectivity index (χ2n) is 5.19. The highest BCUT2D eigenvalue weighted by Crippen LogP contribution is 2.25. The summed E-state index contributed by atoms with van der Waals surface area (Å²) in [7, 11) is 0. The molecule has 6 heteroatoms. The molecule has 0 radical (unpaired) electrons. The first-order chi connectivity index (χ1) is 11.5. The van der Waals surface area contributed by atoms with Gasteiger partial charge in [-0.25, -0.2) is 4.79 Å². The normalized spacial score (nSPS) is 10.5. The Morgan fingerprint density at radius 2 is 1.83 bits per heavy atom. The Morgan fingerprint density at radius 1 is 1.08 bits per heavy atom. The molecule has 0 amide bonds. The minimum absolute atomic E-state index is 0.164. The van der Waals surface area contributed by atoms with Crippen molar-refractivity contribution in [1.82, 2.24) is 9.78 Å². The van der Waals surface area contributed by atoms with Crippen LogP contribution in [0.4, 0.5) is 0 Å². The van der Waals surface area contributed by atoms with Gasteiger partial charge in [0.05, 0.1) is 11.3 Å². The number of nitrogens with zero attached hydrogens (tertiary/aromatic N) is 2. The van der Waals surface area contributed by atoms with Crippen LogP contribution in [0.15, 0.2) is 75.4 Å². The first-order valence-corrected chi connectivity index (χ1v) is 8.03. The first kappa shape index (κ1) is 16.0. The fraction of sp³-hybridized carbons (Fsp3) is 0.0556. The summed E-state index contributed by atoms with van der Waals surface area (Å²) in [6, 6.07) is 17.2. The Balaban J connectivity index is 1.94. The zero-order chi connectivity index (χ0) is 17.1. The van der Waals surface area contributed by atoms with Crippen LogP contribution in [-0.4, -0.2) is 20.9 Å². The van der Waals surface area contributed by atoms with Gasteiger partial charge in [-0.2, -0.15) is 9.78 Å². The van der Waals surface area contributed by atoms with Crippen molar-refractivity contribution in [3.8, 4) is 5.69 Å². The Bertz CT molecular complexity index is 949. The topological polar surface area (TPSA) is 72.2 Å². The molecule has 3 rings (SSSR count). The number of rotatable bonds is 4. The van der Waals surface area contributed by atoms with E-state index in [2.05, 4.69) is 5.10 Å². The molecule has 1 heterocycles. The number of aryl methyl sites for hydroxylation is 1. The molecule has 0 saturated heterocycles. The highest BCUT2D eigenvalue weighted by Gasteiger charge is 2.07. The van der Waals surface area contributed by atoms with Crippen molar-refractivity contribution in [3.05, 3.63) is 82.1 Å². The zero-order valence-corrected chi connectivity index (χ0v) is 13.7. The first-order valence-electron chi connectivity index (χ1n) is 7.21. The molecule has 1 aromatic heterocycles. The minimum Gasteiger partial charge on any atom is -0.478 e. The third kappa shape index (κ3) is 3.55. The molecule has 1 N–H and O–H groups in total. The van der Waals surface area contributed by atoms with Gasteiger partial charge in [0.15, 0.2) is 0 Å². The second-order valence-corrected chi connectivity index (χ2v) is 6.29. The fourth-order valence-electron chi connectivity index (χ4n) is 2.18. The maximum Gasteiger partial charge on any atom is 0.335 e. The van der Waals surface area contributed by atoms with E-state index >= 15 is 0 Å². The average molecular weight is 338 g/mol. The van der Waals surface area contributed by atoms with Crippen LogP contribution in [0.1, 0.15) is 15.9 Å². The molecule has 0 fully saturated rings. The van der Waals surface area contributed by atoms with E-state index in [1.54, 1.807) is 18.2 Å². The third-order valence-corrected chi connectivity index (χ3v) is 4.26. The smallest absolute Gasteiger partial charge is 0.335 e. The summed E-state index contributed by atoms with van der Waals surface area (Å²) >= 11 is 1.46. The van der Waals surface area contributed by atoms with Gasteiger partial charge in [0.1, 0.15) is 5.03 Å². The lowest BCUT2D eigenvalue weighted by Crippen LogP contribution is -2.20. The maximum absolute atomic E-state index is 12.1. The van der Waals surface area contributed by atoms with Gasteiger partial charge in [0.2, 0.25) is 0 Å². The molecule has 0 aliphatic rings. The van der Waals surface area contributed by atoms with Gasteiger partial charge in [0.25, 0.3) is 5.56 Å². The maximum atomic E-state index is 12.1. The monoisotopic (exact) mass is 338 g/mol. The molecule has 0 unspecified atom stereocenters. The van der Waals surface area contributed by atoms with E-state index < -0.39 is 5.97 Å². The van der Waals surface area contributed by atoms with Gasteiger partial charge in [0, 0.05) is 11.0 Å². The number of benzene rings is 2. The Hall–Kier alpha value is -2.86. The van der Waals surface area contributed by atoms with Gasteiger partial charge in [-0.3, -0.25) is 4.79 Å².